The van der Waals surface area contributed by atoms with Crippen molar-refractivity contribution in [1.82, 2.24) is 5.32 Å². The van der Waals surface area contributed by atoms with Gasteiger partial charge in [-0.05, 0) is 47.0 Å². The van der Waals surface area contributed by atoms with Crippen molar-refractivity contribution in [3.63, 3.8) is 0 Å². The molecule has 0 fully saturated rings. The number of nitrogens with one attached hydrogen (secondary N) is 1. The van der Waals surface area contributed by atoms with Gasteiger partial charge in [-0.25, -0.2) is 4.79 Å². The van der Waals surface area contributed by atoms with E-state index in [2.05, 4.69) is 21.2 Å². The molecule has 0 aliphatic rings. The average molecular weight is 358 g/mol. The Morgan fingerprint density at radius 2 is 1.95 bits per heavy atom. The van der Waals surface area contributed by atoms with E-state index in [0.717, 1.165) is 0 Å². The minimum atomic E-state index is -0.576. The van der Waals surface area contributed by atoms with E-state index in [-0.39, 0.29) is 18.6 Å². The predicted molar refractivity (Wildman–Crippen MR) is 83.4 cm³/mol. The average Bonchev–Trinajstić information content (AvgIpc) is 2.45. The van der Waals surface area contributed by atoms with Crippen LogP contribution in [0.5, 0.6) is 5.75 Å². The molecule has 0 unspecified atom stereocenters. The first kappa shape index (κ1) is 17.5. The van der Waals surface area contributed by atoms with Crippen molar-refractivity contribution in [3.8, 4) is 5.75 Å². The molecule has 0 saturated heterocycles. The molecule has 0 aliphatic heterocycles. The number of carbonyl (C=O) groups excluding carboxylic acids is 2. The number of rotatable bonds is 6. The molecule has 1 N–H and O–H groups in total. The first-order chi connectivity index (χ1) is 9.85. The van der Waals surface area contributed by atoms with E-state index in [1.807, 2.05) is 20.8 Å². The summed E-state index contributed by atoms with van der Waals surface area (Å²) < 4.78 is 10.7. The number of hydrogen-bond acceptors (Lipinski definition) is 4. The van der Waals surface area contributed by atoms with Crippen LogP contribution in [0.3, 0.4) is 0 Å². The maximum Gasteiger partial charge on any atom is 0.339 e. The van der Waals surface area contributed by atoms with Crippen molar-refractivity contribution in [2.75, 3.05) is 13.7 Å². The summed E-state index contributed by atoms with van der Waals surface area (Å²) in [6.45, 7) is 5.61. The SMILES string of the molecule is COc1ccc(Br)c(C(=O)OCC(=O)N[C@@H](C)C(C)C)c1. The zero-order chi connectivity index (χ0) is 16.0. The highest BCUT2D eigenvalue weighted by Crippen LogP contribution is 2.23. The van der Waals surface area contributed by atoms with E-state index < -0.39 is 5.97 Å². The highest BCUT2D eigenvalue weighted by Gasteiger charge is 2.16. The maximum absolute atomic E-state index is 12.0. The number of methoxy groups -OCH3 is 1. The molecule has 0 aromatic heterocycles. The Kier molecular flexibility index (Phi) is 6.68. The smallest absolute Gasteiger partial charge is 0.339 e. The summed E-state index contributed by atoms with van der Waals surface area (Å²) in [7, 11) is 1.51. The minimum Gasteiger partial charge on any atom is -0.497 e. The first-order valence-electron chi connectivity index (χ1n) is 6.65. The summed E-state index contributed by atoms with van der Waals surface area (Å²) >= 11 is 3.27. The molecule has 0 spiro atoms. The van der Waals surface area contributed by atoms with Gasteiger partial charge in [-0.1, -0.05) is 13.8 Å². The van der Waals surface area contributed by atoms with Crippen LogP contribution in [0.4, 0.5) is 0 Å². The van der Waals surface area contributed by atoms with E-state index in [4.69, 9.17) is 9.47 Å². The fourth-order valence-electron chi connectivity index (χ4n) is 1.46. The lowest BCUT2D eigenvalue weighted by Gasteiger charge is -2.17. The van der Waals surface area contributed by atoms with Gasteiger partial charge in [0.1, 0.15) is 5.75 Å². The fraction of sp³-hybridized carbons (Fsp3) is 0.467. The van der Waals surface area contributed by atoms with Crippen molar-refractivity contribution in [1.29, 1.82) is 0 Å². The third kappa shape index (κ3) is 5.38. The van der Waals surface area contributed by atoms with Crippen LogP contribution in [-0.2, 0) is 9.53 Å². The van der Waals surface area contributed by atoms with Gasteiger partial charge < -0.3 is 14.8 Å². The Morgan fingerprint density at radius 3 is 2.52 bits per heavy atom. The molecule has 0 bridgehead atoms. The highest BCUT2D eigenvalue weighted by molar-refractivity contribution is 9.10. The molecule has 1 rings (SSSR count). The molecule has 116 valence electrons. The van der Waals surface area contributed by atoms with Crippen molar-refractivity contribution in [3.05, 3.63) is 28.2 Å². The summed E-state index contributed by atoms with van der Waals surface area (Å²) in [5.41, 5.74) is 0.319. The molecule has 1 atom stereocenters. The van der Waals surface area contributed by atoms with Gasteiger partial charge in [-0.3, -0.25) is 4.79 Å². The monoisotopic (exact) mass is 357 g/mol. The van der Waals surface area contributed by atoms with Crippen LogP contribution >= 0.6 is 15.9 Å². The molecule has 0 aliphatic carbocycles. The molecule has 21 heavy (non-hydrogen) atoms. The van der Waals surface area contributed by atoms with E-state index >= 15 is 0 Å². The van der Waals surface area contributed by atoms with E-state index in [1.165, 1.54) is 7.11 Å². The van der Waals surface area contributed by atoms with Gasteiger partial charge in [0, 0.05) is 10.5 Å². The molecule has 0 saturated carbocycles. The van der Waals surface area contributed by atoms with Gasteiger partial charge in [-0.2, -0.15) is 0 Å². The van der Waals surface area contributed by atoms with Crippen LogP contribution in [0.25, 0.3) is 0 Å². The second kappa shape index (κ2) is 8.02. The quantitative estimate of drug-likeness (QED) is 0.795. The lowest BCUT2D eigenvalue weighted by Crippen LogP contribution is -2.38. The molecule has 1 aromatic carbocycles. The molecule has 0 heterocycles. The lowest BCUT2D eigenvalue weighted by molar-refractivity contribution is -0.125. The molecule has 1 amide bonds. The third-order valence-electron chi connectivity index (χ3n) is 3.12. The van der Waals surface area contributed by atoms with Gasteiger partial charge in [-0.15, -0.1) is 0 Å². The number of amides is 1. The number of hydrogen-bond donors (Lipinski definition) is 1. The molecule has 5 nitrogen and oxygen atoms in total. The highest BCUT2D eigenvalue weighted by atomic mass is 79.9. The summed E-state index contributed by atoms with van der Waals surface area (Å²) in [4.78, 5) is 23.6. The largest absolute Gasteiger partial charge is 0.497 e. The maximum atomic E-state index is 12.0. The van der Waals surface area contributed by atoms with Crippen LogP contribution in [0.2, 0.25) is 0 Å². The molecule has 6 heteroatoms. The van der Waals surface area contributed by atoms with Crippen molar-refractivity contribution < 1.29 is 19.1 Å². The molecular weight excluding hydrogens is 338 g/mol. The van der Waals surface area contributed by atoms with Crippen LogP contribution in [0, 0.1) is 5.92 Å². The topological polar surface area (TPSA) is 64.6 Å². The van der Waals surface area contributed by atoms with Crippen LogP contribution in [-0.4, -0.2) is 31.6 Å². The van der Waals surface area contributed by atoms with Gasteiger partial charge in [0.15, 0.2) is 6.61 Å². The normalized spacial score (nSPS) is 11.9. The van der Waals surface area contributed by atoms with E-state index in [1.54, 1.807) is 18.2 Å². The molecular formula is C15H20BrNO4. The van der Waals surface area contributed by atoms with Crippen LogP contribution in [0.1, 0.15) is 31.1 Å². The van der Waals surface area contributed by atoms with Gasteiger partial charge in [0.2, 0.25) is 0 Å². The van der Waals surface area contributed by atoms with Crippen molar-refractivity contribution in [2.45, 2.75) is 26.8 Å². The Labute approximate surface area is 133 Å². The third-order valence-corrected chi connectivity index (χ3v) is 3.81. The Bertz CT molecular complexity index is 516. The lowest BCUT2D eigenvalue weighted by atomic mass is 10.1. The summed E-state index contributed by atoms with van der Waals surface area (Å²) in [6, 6.07) is 5.00. The van der Waals surface area contributed by atoms with E-state index in [9.17, 15) is 9.59 Å². The fourth-order valence-corrected chi connectivity index (χ4v) is 1.87. The molecule has 0 radical (unpaired) electrons. The summed E-state index contributed by atoms with van der Waals surface area (Å²) in [5.74, 6) is -0.0306. The predicted octanol–water partition coefficient (Wildman–Crippen LogP) is 2.78. The van der Waals surface area contributed by atoms with E-state index in [0.29, 0.717) is 21.7 Å². The Morgan fingerprint density at radius 1 is 1.29 bits per heavy atom. The van der Waals surface area contributed by atoms with Crippen LogP contribution in [0.15, 0.2) is 22.7 Å². The number of benzene rings is 1. The first-order valence-corrected chi connectivity index (χ1v) is 7.44. The standard InChI is InChI=1S/C15H20BrNO4/c1-9(2)10(3)17-14(18)8-21-15(19)12-7-11(20-4)5-6-13(12)16/h5-7,9-10H,8H2,1-4H3,(H,17,18)/t10-/m0/s1. The number of halogens is 1. The van der Waals surface area contributed by atoms with Gasteiger partial charge >= 0.3 is 5.97 Å². The van der Waals surface area contributed by atoms with Gasteiger partial charge in [0.25, 0.3) is 5.91 Å². The Hall–Kier alpha value is -1.56. The van der Waals surface area contributed by atoms with Crippen molar-refractivity contribution >= 4 is 27.8 Å². The Balaban J connectivity index is 2.60. The second-order valence-corrected chi connectivity index (χ2v) is 5.88. The zero-order valence-electron chi connectivity index (χ0n) is 12.6. The van der Waals surface area contributed by atoms with Crippen LogP contribution < -0.4 is 10.1 Å². The number of esters is 1. The zero-order valence-corrected chi connectivity index (χ0v) is 14.2. The second-order valence-electron chi connectivity index (χ2n) is 5.02. The number of ether oxygens (including phenoxy) is 2. The van der Waals surface area contributed by atoms with Crippen molar-refractivity contribution in [2.24, 2.45) is 5.92 Å². The van der Waals surface area contributed by atoms with Gasteiger partial charge in [0.05, 0.1) is 12.7 Å². The molecule has 1 aromatic rings. The summed E-state index contributed by atoms with van der Waals surface area (Å²) in [5, 5.41) is 2.77. The summed E-state index contributed by atoms with van der Waals surface area (Å²) in [6.07, 6.45) is 0. The minimum absolute atomic E-state index is 0.0276. The number of carbonyl (C=O) groups is 2.